The minimum atomic E-state index is -4.06. The summed E-state index contributed by atoms with van der Waals surface area (Å²) in [7, 11) is -2.90. The predicted molar refractivity (Wildman–Crippen MR) is 71.8 cm³/mol. The van der Waals surface area contributed by atoms with Crippen LogP contribution < -0.4 is 9.46 Å². The van der Waals surface area contributed by atoms with Crippen LogP contribution >= 0.6 is 11.6 Å². The maximum absolute atomic E-state index is 12.1. The van der Waals surface area contributed by atoms with Gasteiger partial charge in [-0.15, -0.1) is 0 Å². The van der Waals surface area contributed by atoms with Crippen LogP contribution in [0.1, 0.15) is 17.3 Å². The van der Waals surface area contributed by atoms with Gasteiger partial charge in [0.25, 0.3) is 0 Å². The zero-order valence-electron chi connectivity index (χ0n) is 10.8. The molecule has 1 unspecified atom stereocenters. The maximum Gasteiger partial charge on any atom is 0.339 e. The second-order valence-corrected chi connectivity index (χ2v) is 6.16. The van der Waals surface area contributed by atoms with Gasteiger partial charge in [0.15, 0.2) is 5.75 Å². The Labute approximate surface area is 121 Å². The number of hydrogen-bond donors (Lipinski definition) is 3. The third-order valence-electron chi connectivity index (χ3n) is 2.31. The standard InChI is InChI=1S/C11H14ClNO6S/c1-6(14)5-13-20(17,18)9-4-7(12)3-8(11(15)16)10(9)19-2/h3-4,6,13-14H,5H2,1-2H3,(H,15,16). The highest BCUT2D eigenvalue weighted by Gasteiger charge is 2.25. The summed E-state index contributed by atoms with van der Waals surface area (Å²) in [5, 5.41) is 18.1. The van der Waals surface area contributed by atoms with E-state index in [1.165, 1.54) is 6.92 Å². The number of ether oxygens (including phenoxy) is 1. The van der Waals surface area contributed by atoms with Crippen molar-refractivity contribution in [2.45, 2.75) is 17.9 Å². The second kappa shape index (κ2) is 6.40. The molecule has 1 aromatic rings. The highest BCUT2D eigenvalue weighted by molar-refractivity contribution is 7.89. The topological polar surface area (TPSA) is 113 Å². The molecule has 1 aromatic carbocycles. The van der Waals surface area contributed by atoms with Crippen molar-refractivity contribution in [1.29, 1.82) is 0 Å². The molecule has 3 N–H and O–H groups in total. The monoisotopic (exact) mass is 323 g/mol. The van der Waals surface area contributed by atoms with E-state index >= 15 is 0 Å². The quantitative estimate of drug-likeness (QED) is 0.710. The van der Waals surface area contributed by atoms with Gasteiger partial charge in [-0.3, -0.25) is 0 Å². The number of nitrogens with one attached hydrogen (secondary N) is 1. The van der Waals surface area contributed by atoms with Gasteiger partial charge in [0, 0.05) is 11.6 Å². The van der Waals surface area contributed by atoms with Crippen LogP contribution in [0.4, 0.5) is 0 Å². The van der Waals surface area contributed by atoms with Crippen LogP contribution in [0, 0.1) is 0 Å². The minimum Gasteiger partial charge on any atom is -0.494 e. The van der Waals surface area contributed by atoms with Crippen LogP contribution in [0.15, 0.2) is 17.0 Å². The summed E-state index contributed by atoms with van der Waals surface area (Å²) < 4.78 is 31.2. The molecule has 9 heteroatoms. The molecular formula is C11H14ClNO6S. The Morgan fingerprint density at radius 3 is 2.55 bits per heavy atom. The number of methoxy groups -OCH3 is 1. The highest BCUT2D eigenvalue weighted by atomic mass is 35.5. The summed E-state index contributed by atoms with van der Waals surface area (Å²) in [6.07, 6.45) is -0.895. The Morgan fingerprint density at radius 1 is 1.50 bits per heavy atom. The number of aromatic carboxylic acids is 1. The number of halogens is 1. The van der Waals surface area contributed by atoms with Gasteiger partial charge in [-0.25, -0.2) is 17.9 Å². The van der Waals surface area contributed by atoms with Gasteiger partial charge in [0.2, 0.25) is 10.0 Å². The van der Waals surface area contributed by atoms with E-state index in [1.807, 2.05) is 0 Å². The van der Waals surface area contributed by atoms with Crippen molar-refractivity contribution < 1.29 is 28.2 Å². The first kappa shape index (κ1) is 16.7. The second-order valence-electron chi connectivity index (χ2n) is 3.99. The maximum atomic E-state index is 12.1. The largest absolute Gasteiger partial charge is 0.494 e. The molecule has 1 rings (SSSR count). The zero-order valence-corrected chi connectivity index (χ0v) is 12.3. The molecule has 1 atom stereocenters. The van der Waals surface area contributed by atoms with Crippen LogP contribution in [0.5, 0.6) is 5.75 Å². The number of rotatable bonds is 6. The summed E-state index contributed by atoms with van der Waals surface area (Å²) in [4.78, 5) is 10.7. The summed E-state index contributed by atoms with van der Waals surface area (Å²) in [5.41, 5.74) is -0.363. The number of carboxylic acid groups (broad SMARTS) is 1. The van der Waals surface area contributed by atoms with E-state index in [9.17, 15) is 13.2 Å². The predicted octanol–water partition coefficient (Wildman–Crippen LogP) is 0.706. The molecule has 0 aliphatic heterocycles. The fourth-order valence-electron chi connectivity index (χ4n) is 1.45. The van der Waals surface area contributed by atoms with Gasteiger partial charge in [0.1, 0.15) is 10.5 Å². The van der Waals surface area contributed by atoms with Gasteiger partial charge >= 0.3 is 5.97 Å². The highest BCUT2D eigenvalue weighted by Crippen LogP contribution is 2.31. The lowest BCUT2D eigenvalue weighted by Gasteiger charge is -2.14. The van der Waals surface area contributed by atoms with Crippen LogP contribution in [0.25, 0.3) is 0 Å². The Hall–Kier alpha value is -1.35. The van der Waals surface area contributed by atoms with E-state index < -0.39 is 27.0 Å². The minimum absolute atomic E-state index is 0.0550. The molecule has 0 aliphatic rings. The molecule has 0 aromatic heterocycles. The van der Waals surface area contributed by atoms with Gasteiger partial charge in [-0.05, 0) is 19.1 Å². The zero-order chi connectivity index (χ0) is 15.5. The molecule has 0 aliphatic carbocycles. The van der Waals surface area contributed by atoms with E-state index in [2.05, 4.69) is 4.72 Å². The molecule has 0 fully saturated rings. The Bertz CT molecular complexity index is 614. The van der Waals surface area contributed by atoms with Crippen LogP contribution in [-0.4, -0.2) is 44.4 Å². The van der Waals surface area contributed by atoms with Crippen LogP contribution in [0.2, 0.25) is 5.02 Å². The Kier molecular flexibility index (Phi) is 5.35. The average molecular weight is 324 g/mol. The lowest BCUT2D eigenvalue weighted by Crippen LogP contribution is -2.31. The first-order valence-electron chi connectivity index (χ1n) is 5.47. The van der Waals surface area contributed by atoms with Crippen LogP contribution in [-0.2, 0) is 10.0 Å². The van der Waals surface area contributed by atoms with E-state index in [1.54, 1.807) is 0 Å². The fraction of sp³-hybridized carbons (Fsp3) is 0.364. The summed E-state index contributed by atoms with van der Waals surface area (Å²) >= 11 is 5.73. The summed E-state index contributed by atoms with van der Waals surface area (Å²) in [5.74, 6) is -1.68. The number of aliphatic hydroxyl groups is 1. The molecule has 112 valence electrons. The summed E-state index contributed by atoms with van der Waals surface area (Å²) in [6.45, 7) is 1.18. The normalized spacial score (nSPS) is 13.0. The van der Waals surface area contributed by atoms with Crippen molar-refractivity contribution in [3.63, 3.8) is 0 Å². The molecule has 0 saturated carbocycles. The number of carboxylic acids is 1. The van der Waals surface area contributed by atoms with Crippen molar-refractivity contribution >= 4 is 27.6 Å². The molecule has 0 spiro atoms. The first-order valence-corrected chi connectivity index (χ1v) is 7.33. The van der Waals surface area contributed by atoms with Gasteiger partial charge < -0.3 is 14.9 Å². The third kappa shape index (κ3) is 3.83. The lowest BCUT2D eigenvalue weighted by atomic mass is 10.2. The Morgan fingerprint density at radius 2 is 2.10 bits per heavy atom. The molecule has 0 saturated heterocycles. The van der Waals surface area contributed by atoms with Gasteiger partial charge in [-0.2, -0.15) is 0 Å². The van der Waals surface area contributed by atoms with Gasteiger partial charge in [0.05, 0.1) is 13.2 Å². The van der Waals surface area contributed by atoms with E-state index in [4.69, 9.17) is 26.6 Å². The molecule has 0 amide bonds. The number of benzene rings is 1. The van der Waals surface area contributed by atoms with Crippen molar-refractivity contribution in [3.8, 4) is 5.75 Å². The lowest BCUT2D eigenvalue weighted by molar-refractivity contribution is 0.0692. The van der Waals surface area contributed by atoms with Crippen molar-refractivity contribution in [2.24, 2.45) is 0 Å². The van der Waals surface area contributed by atoms with Crippen molar-refractivity contribution in [3.05, 3.63) is 22.7 Å². The molecule has 20 heavy (non-hydrogen) atoms. The smallest absolute Gasteiger partial charge is 0.339 e. The number of carbonyl (C=O) groups is 1. The average Bonchev–Trinajstić information content (AvgIpc) is 2.35. The van der Waals surface area contributed by atoms with Crippen LogP contribution in [0.3, 0.4) is 0 Å². The fourth-order valence-corrected chi connectivity index (χ4v) is 3.06. The molecule has 0 radical (unpaired) electrons. The van der Waals surface area contributed by atoms with E-state index in [0.29, 0.717) is 0 Å². The van der Waals surface area contributed by atoms with E-state index in [0.717, 1.165) is 19.2 Å². The molecular weight excluding hydrogens is 310 g/mol. The Balaban J connectivity index is 3.40. The van der Waals surface area contributed by atoms with Crippen molar-refractivity contribution in [2.75, 3.05) is 13.7 Å². The van der Waals surface area contributed by atoms with E-state index in [-0.39, 0.29) is 22.9 Å². The summed E-state index contributed by atoms with van der Waals surface area (Å²) in [6, 6.07) is 2.17. The number of aliphatic hydroxyl groups excluding tert-OH is 1. The molecule has 0 bridgehead atoms. The SMILES string of the molecule is COc1c(C(=O)O)cc(Cl)cc1S(=O)(=O)NCC(C)O. The number of sulfonamides is 1. The molecule has 7 nitrogen and oxygen atoms in total. The third-order valence-corrected chi connectivity index (χ3v) is 3.96. The van der Waals surface area contributed by atoms with Gasteiger partial charge in [-0.1, -0.05) is 11.6 Å². The molecule has 0 heterocycles. The first-order chi connectivity index (χ1) is 9.19. The number of hydrogen-bond acceptors (Lipinski definition) is 5. The van der Waals surface area contributed by atoms with Crippen molar-refractivity contribution in [1.82, 2.24) is 4.72 Å².